The van der Waals surface area contributed by atoms with Crippen LogP contribution in [0, 0.1) is 5.82 Å². The highest BCUT2D eigenvalue weighted by molar-refractivity contribution is 5.91. The van der Waals surface area contributed by atoms with Crippen molar-refractivity contribution in [3.05, 3.63) is 47.8 Å². The first-order chi connectivity index (χ1) is 12.7. The van der Waals surface area contributed by atoms with Gasteiger partial charge in [0.25, 0.3) is 0 Å². The molecule has 1 atom stereocenters. The summed E-state index contributed by atoms with van der Waals surface area (Å²) in [7, 11) is 0. The van der Waals surface area contributed by atoms with E-state index < -0.39 is 17.2 Å². The molecule has 1 saturated heterocycles. The molecule has 2 amide bonds. The second-order valence-electron chi connectivity index (χ2n) is 8.25. The van der Waals surface area contributed by atoms with Gasteiger partial charge in [-0.3, -0.25) is 9.69 Å². The molecule has 0 aromatic heterocycles. The summed E-state index contributed by atoms with van der Waals surface area (Å²) >= 11 is 0. The fourth-order valence-electron chi connectivity index (χ4n) is 3.79. The number of halogens is 1. The van der Waals surface area contributed by atoms with Crippen molar-refractivity contribution in [2.45, 2.75) is 57.7 Å². The van der Waals surface area contributed by atoms with Gasteiger partial charge in [0.05, 0.1) is 0 Å². The number of carbonyl (C=O) groups excluding carboxylic acids is 2. The van der Waals surface area contributed by atoms with Crippen LogP contribution in [0.3, 0.4) is 0 Å². The fourth-order valence-corrected chi connectivity index (χ4v) is 3.79. The maximum absolute atomic E-state index is 13.5. The van der Waals surface area contributed by atoms with Crippen molar-refractivity contribution in [2.24, 2.45) is 0 Å². The molecule has 0 saturated carbocycles. The summed E-state index contributed by atoms with van der Waals surface area (Å²) in [4.78, 5) is 29.6. The van der Waals surface area contributed by atoms with Crippen LogP contribution in [0.4, 0.5) is 9.18 Å². The Labute approximate surface area is 159 Å². The fraction of sp³-hybridized carbons (Fsp3) is 0.524. The van der Waals surface area contributed by atoms with Crippen LogP contribution in [0.25, 0.3) is 0 Å². The van der Waals surface area contributed by atoms with Crippen molar-refractivity contribution in [1.29, 1.82) is 0 Å². The van der Waals surface area contributed by atoms with Crippen LogP contribution in [0.2, 0.25) is 0 Å². The monoisotopic (exact) mass is 374 g/mol. The Bertz CT molecular complexity index is 739. The van der Waals surface area contributed by atoms with Gasteiger partial charge in [-0.25, -0.2) is 9.18 Å². The topological polar surface area (TPSA) is 49.9 Å². The van der Waals surface area contributed by atoms with Gasteiger partial charge in [0.1, 0.15) is 17.0 Å². The third-order valence-corrected chi connectivity index (χ3v) is 5.02. The van der Waals surface area contributed by atoms with Crippen LogP contribution < -0.4 is 0 Å². The summed E-state index contributed by atoms with van der Waals surface area (Å²) in [5.74, 6) is -0.371. The maximum atomic E-state index is 13.5. The van der Waals surface area contributed by atoms with Gasteiger partial charge >= 0.3 is 6.09 Å². The van der Waals surface area contributed by atoms with E-state index in [1.165, 1.54) is 12.1 Å². The highest BCUT2D eigenvalue weighted by atomic mass is 19.1. The second-order valence-corrected chi connectivity index (χ2v) is 8.25. The molecule has 1 aromatic rings. The van der Waals surface area contributed by atoms with Crippen LogP contribution in [0.15, 0.2) is 36.4 Å². The summed E-state index contributed by atoms with van der Waals surface area (Å²) in [6, 6.07) is 6.16. The lowest BCUT2D eigenvalue weighted by molar-refractivity contribution is -0.142. The maximum Gasteiger partial charge on any atom is 0.411 e. The number of ether oxygens (including phenoxy) is 1. The highest BCUT2D eigenvalue weighted by Crippen LogP contribution is 2.37. The summed E-state index contributed by atoms with van der Waals surface area (Å²) in [5, 5.41) is 0. The number of hydrogen-bond acceptors (Lipinski definition) is 3. The second kappa shape index (κ2) is 7.33. The van der Waals surface area contributed by atoms with Crippen LogP contribution in [-0.4, -0.2) is 46.0 Å². The van der Waals surface area contributed by atoms with Gasteiger partial charge in [-0.1, -0.05) is 24.3 Å². The van der Waals surface area contributed by atoms with Crippen LogP contribution >= 0.6 is 0 Å². The Morgan fingerprint density at radius 3 is 2.59 bits per heavy atom. The minimum absolute atomic E-state index is 0.0693. The molecule has 1 unspecified atom stereocenters. The van der Waals surface area contributed by atoms with Gasteiger partial charge in [0, 0.05) is 19.6 Å². The Kier molecular flexibility index (Phi) is 5.27. The van der Waals surface area contributed by atoms with E-state index in [4.69, 9.17) is 4.74 Å². The van der Waals surface area contributed by atoms with Crippen molar-refractivity contribution < 1.29 is 18.7 Å². The van der Waals surface area contributed by atoms with Crippen molar-refractivity contribution in [3.8, 4) is 0 Å². The van der Waals surface area contributed by atoms with Gasteiger partial charge in [-0.2, -0.15) is 0 Å². The zero-order valence-electron chi connectivity index (χ0n) is 16.2. The lowest BCUT2D eigenvalue weighted by Gasteiger charge is -2.39. The van der Waals surface area contributed by atoms with E-state index in [0.717, 1.165) is 12.0 Å². The van der Waals surface area contributed by atoms with Gasteiger partial charge in [-0.15, -0.1) is 0 Å². The average Bonchev–Trinajstić information content (AvgIpc) is 2.96. The summed E-state index contributed by atoms with van der Waals surface area (Å²) < 4.78 is 18.7. The van der Waals surface area contributed by atoms with Gasteiger partial charge < -0.3 is 9.64 Å². The van der Waals surface area contributed by atoms with E-state index >= 15 is 0 Å². The molecule has 1 fully saturated rings. The third kappa shape index (κ3) is 4.15. The molecule has 0 N–H and O–H groups in total. The predicted molar refractivity (Wildman–Crippen MR) is 100 cm³/mol. The molecule has 146 valence electrons. The molecule has 2 aliphatic heterocycles. The van der Waals surface area contributed by atoms with E-state index in [2.05, 4.69) is 0 Å². The van der Waals surface area contributed by atoms with Gasteiger partial charge in [-0.05, 0) is 57.7 Å². The van der Waals surface area contributed by atoms with E-state index in [1.54, 1.807) is 21.9 Å². The Hall–Kier alpha value is -2.37. The van der Waals surface area contributed by atoms with E-state index in [0.29, 0.717) is 32.5 Å². The average molecular weight is 374 g/mol. The SMILES string of the molecule is CC(C)(C)OC(=O)N1CCCC12CC=CCN(Cc1ccc(F)cc1)C2=O. The first-order valence-corrected chi connectivity index (χ1v) is 9.41. The van der Waals surface area contributed by atoms with E-state index in [9.17, 15) is 14.0 Å². The van der Waals surface area contributed by atoms with Crippen LogP contribution in [-0.2, 0) is 16.1 Å². The molecule has 6 heteroatoms. The number of hydrogen-bond donors (Lipinski definition) is 0. The third-order valence-electron chi connectivity index (χ3n) is 5.02. The molecule has 1 spiro atoms. The van der Waals surface area contributed by atoms with E-state index in [1.807, 2.05) is 32.9 Å². The molecule has 1 aromatic carbocycles. The quantitative estimate of drug-likeness (QED) is 0.738. The minimum atomic E-state index is -0.893. The number of amides is 2. The molecule has 0 aliphatic carbocycles. The highest BCUT2D eigenvalue weighted by Gasteiger charge is 2.52. The Morgan fingerprint density at radius 2 is 1.93 bits per heavy atom. The van der Waals surface area contributed by atoms with Crippen LogP contribution in [0.1, 0.15) is 45.6 Å². The summed E-state index contributed by atoms with van der Waals surface area (Å²) in [5.41, 5.74) is -0.648. The molecule has 2 heterocycles. The number of likely N-dealkylation sites (tertiary alicyclic amines) is 1. The predicted octanol–water partition coefficient (Wildman–Crippen LogP) is 3.88. The lowest BCUT2D eigenvalue weighted by atomic mass is 9.90. The van der Waals surface area contributed by atoms with Crippen molar-refractivity contribution in [2.75, 3.05) is 13.1 Å². The molecule has 0 bridgehead atoms. The first-order valence-electron chi connectivity index (χ1n) is 9.41. The number of carbonyl (C=O) groups is 2. The minimum Gasteiger partial charge on any atom is -0.444 e. The van der Waals surface area contributed by atoms with Gasteiger partial charge in [0.15, 0.2) is 0 Å². The van der Waals surface area contributed by atoms with Crippen molar-refractivity contribution >= 4 is 12.0 Å². The normalized spacial score (nSPS) is 23.0. The number of rotatable bonds is 2. The number of benzene rings is 1. The summed E-state index contributed by atoms with van der Waals surface area (Å²) in [6.45, 7) is 6.84. The Morgan fingerprint density at radius 1 is 1.22 bits per heavy atom. The lowest BCUT2D eigenvalue weighted by Crippen LogP contribution is -2.58. The largest absolute Gasteiger partial charge is 0.444 e. The molecule has 27 heavy (non-hydrogen) atoms. The smallest absolute Gasteiger partial charge is 0.411 e. The van der Waals surface area contributed by atoms with E-state index in [-0.39, 0.29) is 11.7 Å². The molecular formula is C21H27FN2O3. The zero-order chi connectivity index (χ0) is 19.7. The Balaban J connectivity index is 1.84. The molecule has 2 aliphatic rings. The first kappa shape index (κ1) is 19.4. The van der Waals surface area contributed by atoms with Crippen LogP contribution in [0.5, 0.6) is 0 Å². The molecule has 3 rings (SSSR count). The van der Waals surface area contributed by atoms with Crippen molar-refractivity contribution in [1.82, 2.24) is 9.80 Å². The standard InChI is InChI=1S/C21H27FN2O3/c1-20(2,3)27-19(26)24-14-6-12-21(24)11-4-5-13-23(18(21)25)15-16-7-9-17(22)10-8-16/h4-5,7-10H,6,11-15H2,1-3H3. The summed E-state index contributed by atoms with van der Waals surface area (Å²) in [6.07, 6.45) is 5.38. The number of nitrogens with zero attached hydrogens (tertiary/aromatic N) is 2. The molecular weight excluding hydrogens is 347 g/mol. The van der Waals surface area contributed by atoms with Gasteiger partial charge in [0.2, 0.25) is 5.91 Å². The zero-order valence-corrected chi connectivity index (χ0v) is 16.2. The molecule has 0 radical (unpaired) electrons. The van der Waals surface area contributed by atoms with Crippen molar-refractivity contribution in [3.63, 3.8) is 0 Å². The molecule has 5 nitrogen and oxygen atoms in total.